The predicted octanol–water partition coefficient (Wildman–Crippen LogP) is 2.12. The van der Waals surface area contributed by atoms with Crippen LogP contribution in [0.1, 0.15) is 20.7 Å². The predicted molar refractivity (Wildman–Crippen MR) is 94.9 cm³/mol. The van der Waals surface area contributed by atoms with Crippen molar-refractivity contribution in [1.29, 1.82) is 0 Å². The number of benzene rings is 2. The summed E-state index contributed by atoms with van der Waals surface area (Å²) in [7, 11) is 0.338. The summed E-state index contributed by atoms with van der Waals surface area (Å²) in [4.78, 5) is 24.3. The molecule has 144 valence electrons. The first-order chi connectivity index (χ1) is 12.7. The van der Waals surface area contributed by atoms with Crippen molar-refractivity contribution < 1.29 is 31.9 Å². The quantitative estimate of drug-likeness (QED) is 0.527. The number of sulfonamides is 1. The molecule has 0 aliphatic rings. The second kappa shape index (κ2) is 8.28. The second-order valence-corrected chi connectivity index (χ2v) is 7.81. The number of esters is 1. The average Bonchev–Trinajstić information content (AvgIpc) is 2.65. The zero-order chi connectivity index (χ0) is 20.2. The Morgan fingerprint density at radius 3 is 2.44 bits per heavy atom. The summed E-state index contributed by atoms with van der Waals surface area (Å²) < 4.78 is 48.6. The molecule has 0 saturated heterocycles. The van der Waals surface area contributed by atoms with E-state index in [1.807, 2.05) is 0 Å². The third-order valence-corrected chi connectivity index (χ3v) is 5.46. The van der Waals surface area contributed by atoms with Crippen LogP contribution in [0, 0.1) is 5.82 Å². The topological polar surface area (TPSA) is 90.0 Å². The van der Waals surface area contributed by atoms with Crippen molar-refractivity contribution in [3.05, 3.63) is 59.4 Å². The molecule has 0 amide bonds. The fourth-order valence-electron chi connectivity index (χ4n) is 2.18. The largest absolute Gasteiger partial charge is 0.496 e. The van der Waals surface area contributed by atoms with E-state index >= 15 is 0 Å². The molecule has 0 saturated carbocycles. The molecule has 0 heterocycles. The van der Waals surface area contributed by atoms with E-state index in [0.29, 0.717) is 0 Å². The van der Waals surface area contributed by atoms with Gasteiger partial charge in [-0.25, -0.2) is 21.9 Å². The minimum absolute atomic E-state index is 0.0306. The molecule has 0 unspecified atom stereocenters. The fourth-order valence-corrected chi connectivity index (χ4v) is 3.13. The molecule has 0 aromatic heterocycles. The first-order valence-electron chi connectivity index (χ1n) is 7.73. The number of methoxy groups -OCH3 is 1. The molecule has 2 aromatic rings. The number of ketones is 1. The Morgan fingerprint density at radius 2 is 1.81 bits per heavy atom. The molecule has 0 fully saturated rings. The fraction of sp³-hybridized carbons (Fsp3) is 0.222. The molecule has 0 bridgehead atoms. The normalized spacial score (nSPS) is 11.3. The van der Waals surface area contributed by atoms with Crippen LogP contribution in [0.25, 0.3) is 0 Å². The lowest BCUT2D eigenvalue weighted by atomic mass is 10.1. The van der Waals surface area contributed by atoms with Crippen molar-refractivity contribution in [2.24, 2.45) is 0 Å². The number of rotatable bonds is 7. The maximum atomic E-state index is 13.4. The van der Waals surface area contributed by atoms with Gasteiger partial charge in [-0.05, 0) is 36.4 Å². The first-order valence-corrected chi connectivity index (χ1v) is 9.17. The monoisotopic (exact) mass is 395 g/mol. The van der Waals surface area contributed by atoms with Crippen molar-refractivity contribution in [1.82, 2.24) is 4.31 Å². The smallest absolute Gasteiger partial charge is 0.338 e. The first kappa shape index (κ1) is 20.5. The van der Waals surface area contributed by atoms with Crippen LogP contribution in [0.5, 0.6) is 5.75 Å². The van der Waals surface area contributed by atoms with Gasteiger partial charge in [-0.1, -0.05) is 6.07 Å². The van der Waals surface area contributed by atoms with Gasteiger partial charge in [0.05, 0.1) is 23.1 Å². The number of ether oxygens (including phenoxy) is 2. The number of halogens is 1. The highest BCUT2D eigenvalue weighted by atomic mass is 32.2. The van der Waals surface area contributed by atoms with Crippen molar-refractivity contribution in [2.75, 3.05) is 27.8 Å². The number of nitrogens with zero attached hydrogens (tertiary/aromatic N) is 1. The number of hydrogen-bond acceptors (Lipinski definition) is 6. The van der Waals surface area contributed by atoms with E-state index in [1.54, 1.807) is 0 Å². The van der Waals surface area contributed by atoms with Gasteiger partial charge in [0.25, 0.3) is 0 Å². The maximum Gasteiger partial charge on any atom is 0.338 e. The molecule has 9 heteroatoms. The number of carbonyl (C=O) groups excluding carboxylic acids is 2. The Hall–Kier alpha value is -2.78. The van der Waals surface area contributed by atoms with Crippen LogP contribution in [0.15, 0.2) is 47.4 Å². The van der Waals surface area contributed by atoms with Gasteiger partial charge in [-0.3, -0.25) is 4.79 Å². The SMILES string of the molecule is COc1ccc(F)cc1C(=O)COC(=O)c1cccc(S(=O)(=O)N(C)C)c1. The zero-order valence-corrected chi connectivity index (χ0v) is 15.7. The summed E-state index contributed by atoms with van der Waals surface area (Å²) in [5, 5.41) is 0. The summed E-state index contributed by atoms with van der Waals surface area (Å²) in [6.07, 6.45) is 0. The van der Waals surface area contributed by atoms with Crippen LogP contribution >= 0.6 is 0 Å². The van der Waals surface area contributed by atoms with Gasteiger partial charge in [-0.15, -0.1) is 0 Å². The van der Waals surface area contributed by atoms with Crippen LogP contribution in [0.4, 0.5) is 4.39 Å². The lowest BCUT2D eigenvalue weighted by Crippen LogP contribution is -2.22. The highest BCUT2D eigenvalue weighted by molar-refractivity contribution is 7.89. The van der Waals surface area contributed by atoms with Crippen molar-refractivity contribution in [3.63, 3.8) is 0 Å². The van der Waals surface area contributed by atoms with E-state index in [2.05, 4.69) is 0 Å². The Morgan fingerprint density at radius 1 is 1.11 bits per heavy atom. The lowest BCUT2D eigenvalue weighted by Gasteiger charge is -2.12. The number of Topliss-reactive ketones (excluding diaryl/α,β-unsaturated/α-hetero) is 1. The maximum absolute atomic E-state index is 13.4. The Kier molecular flexibility index (Phi) is 6.29. The van der Waals surface area contributed by atoms with E-state index in [1.165, 1.54) is 45.5 Å². The number of hydrogen-bond donors (Lipinski definition) is 0. The molecular weight excluding hydrogens is 377 g/mol. The summed E-state index contributed by atoms with van der Waals surface area (Å²) >= 11 is 0. The summed E-state index contributed by atoms with van der Waals surface area (Å²) in [5.41, 5.74) is -0.0915. The van der Waals surface area contributed by atoms with Crippen LogP contribution in [0.3, 0.4) is 0 Å². The summed E-state index contributed by atoms with van der Waals surface area (Å²) in [6, 6.07) is 8.67. The van der Waals surface area contributed by atoms with Gasteiger partial charge < -0.3 is 9.47 Å². The molecule has 2 rings (SSSR count). The molecule has 2 aromatic carbocycles. The Labute approximate surface area is 156 Å². The lowest BCUT2D eigenvalue weighted by molar-refractivity contribution is 0.0473. The van der Waals surface area contributed by atoms with E-state index in [9.17, 15) is 22.4 Å². The highest BCUT2D eigenvalue weighted by Gasteiger charge is 2.20. The number of carbonyl (C=O) groups is 2. The van der Waals surface area contributed by atoms with Gasteiger partial charge in [0, 0.05) is 14.1 Å². The molecule has 0 N–H and O–H groups in total. The highest BCUT2D eigenvalue weighted by Crippen LogP contribution is 2.20. The van der Waals surface area contributed by atoms with Crippen LogP contribution in [-0.2, 0) is 14.8 Å². The average molecular weight is 395 g/mol. The van der Waals surface area contributed by atoms with Crippen molar-refractivity contribution in [3.8, 4) is 5.75 Å². The molecule has 0 aliphatic heterocycles. The Balaban J connectivity index is 2.15. The van der Waals surface area contributed by atoms with E-state index in [0.717, 1.165) is 22.5 Å². The van der Waals surface area contributed by atoms with Gasteiger partial charge in [0.15, 0.2) is 6.61 Å². The van der Waals surface area contributed by atoms with Crippen LogP contribution in [0.2, 0.25) is 0 Å². The molecule has 0 spiro atoms. The van der Waals surface area contributed by atoms with Crippen LogP contribution < -0.4 is 4.74 Å². The van der Waals surface area contributed by atoms with E-state index in [4.69, 9.17) is 9.47 Å². The molecule has 27 heavy (non-hydrogen) atoms. The zero-order valence-electron chi connectivity index (χ0n) is 14.9. The van der Waals surface area contributed by atoms with Gasteiger partial charge in [0.1, 0.15) is 11.6 Å². The Bertz CT molecular complexity index is 972. The standard InChI is InChI=1S/C18H18FNO6S/c1-20(2)27(23,24)14-6-4-5-12(9-14)18(22)26-11-16(21)15-10-13(19)7-8-17(15)25-3/h4-10H,11H2,1-3H3. The van der Waals surface area contributed by atoms with Crippen molar-refractivity contribution in [2.45, 2.75) is 4.90 Å². The summed E-state index contributed by atoms with van der Waals surface area (Å²) in [6.45, 7) is -0.649. The molecule has 0 radical (unpaired) electrons. The molecule has 0 atom stereocenters. The van der Waals surface area contributed by atoms with Gasteiger partial charge in [-0.2, -0.15) is 0 Å². The van der Waals surface area contributed by atoms with E-state index in [-0.39, 0.29) is 21.8 Å². The van der Waals surface area contributed by atoms with Gasteiger partial charge in [0.2, 0.25) is 15.8 Å². The van der Waals surface area contributed by atoms with Gasteiger partial charge >= 0.3 is 5.97 Å². The van der Waals surface area contributed by atoms with E-state index < -0.39 is 34.2 Å². The molecular formula is C18H18FNO6S. The molecule has 7 nitrogen and oxygen atoms in total. The third kappa shape index (κ3) is 4.69. The van der Waals surface area contributed by atoms with Crippen LogP contribution in [-0.4, -0.2) is 52.3 Å². The minimum atomic E-state index is -3.72. The second-order valence-electron chi connectivity index (χ2n) is 5.66. The summed E-state index contributed by atoms with van der Waals surface area (Å²) in [5.74, 6) is -2.02. The third-order valence-electron chi connectivity index (χ3n) is 3.64. The van der Waals surface area contributed by atoms with Crippen molar-refractivity contribution >= 4 is 21.8 Å². The molecule has 0 aliphatic carbocycles. The minimum Gasteiger partial charge on any atom is -0.496 e.